The summed E-state index contributed by atoms with van der Waals surface area (Å²) in [4.78, 5) is 19.1. The Kier molecular flexibility index (Phi) is 4.63. The molecule has 1 aliphatic heterocycles. The second-order valence-corrected chi connectivity index (χ2v) is 7.34. The number of carbonyl (C=O) groups excluding carboxylic acids is 1. The third kappa shape index (κ3) is 3.26. The second kappa shape index (κ2) is 7.11. The normalized spacial score (nSPS) is 16.6. The number of hydrogen-bond donors (Lipinski definition) is 0. The first kappa shape index (κ1) is 18.2. The minimum absolute atomic E-state index is 0.0873. The average Bonchev–Trinajstić information content (AvgIpc) is 3.29. The Bertz CT molecular complexity index is 1000. The molecule has 1 unspecified atom stereocenters. The van der Waals surface area contributed by atoms with Gasteiger partial charge in [0.25, 0.3) is 0 Å². The summed E-state index contributed by atoms with van der Waals surface area (Å²) in [6, 6.07) is 11.7. The highest BCUT2D eigenvalue weighted by atomic mass is 16.5. The van der Waals surface area contributed by atoms with Gasteiger partial charge >= 0.3 is 0 Å². The highest BCUT2D eigenvalue weighted by Gasteiger charge is 2.36. The van der Waals surface area contributed by atoms with Gasteiger partial charge in [0.1, 0.15) is 5.75 Å². The lowest BCUT2D eigenvalue weighted by Crippen LogP contribution is -2.26. The van der Waals surface area contributed by atoms with Crippen molar-refractivity contribution in [2.24, 2.45) is 0 Å². The number of ether oxygens (including phenoxy) is 1. The van der Waals surface area contributed by atoms with Crippen molar-refractivity contribution in [3.05, 3.63) is 59.0 Å². The van der Waals surface area contributed by atoms with Crippen LogP contribution in [0.1, 0.15) is 34.9 Å². The fraction of sp³-hybridized carbons (Fsp3) is 0.318. The number of anilines is 1. The standard InChI is InChI=1S/C22H23N3O3/c1-13-9-14(2)20(15(3)10-13)25-12-17(11-19(25)26)22-23-21(24-28-22)16-5-7-18(27-4)8-6-16/h5-10,17H,11-12H2,1-4H3. The zero-order valence-corrected chi connectivity index (χ0v) is 16.5. The van der Waals surface area contributed by atoms with Crippen LogP contribution in [0, 0.1) is 20.8 Å². The van der Waals surface area contributed by atoms with Crippen molar-refractivity contribution in [1.82, 2.24) is 10.1 Å². The number of amides is 1. The molecule has 1 saturated heterocycles. The maximum absolute atomic E-state index is 12.7. The molecule has 1 atom stereocenters. The van der Waals surface area contributed by atoms with Gasteiger partial charge in [-0.3, -0.25) is 4.79 Å². The van der Waals surface area contributed by atoms with E-state index in [0.29, 0.717) is 24.7 Å². The highest BCUT2D eigenvalue weighted by Crippen LogP contribution is 2.35. The summed E-state index contributed by atoms with van der Waals surface area (Å²) in [7, 11) is 1.63. The van der Waals surface area contributed by atoms with Crippen molar-refractivity contribution < 1.29 is 14.1 Å². The van der Waals surface area contributed by atoms with E-state index in [4.69, 9.17) is 9.26 Å². The molecule has 1 aliphatic rings. The largest absolute Gasteiger partial charge is 0.497 e. The third-order valence-electron chi connectivity index (χ3n) is 5.17. The second-order valence-electron chi connectivity index (χ2n) is 7.34. The van der Waals surface area contributed by atoms with Crippen LogP contribution in [-0.2, 0) is 4.79 Å². The Hall–Kier alpha value is -3.15. The number of methoxy groups -OCH3 is 1. The predicted molar refractivity (Wildman–Crippen MR) is 107 cm³/mol. The third-order valence-corrected chi connectivity index (χ3v) is 5.17. The molecule has 3 aromatic rings. The number of aromatic nitrogens is 2. The van der Waals surface area contributed by atoms with Crippen LogP contribution in [0.4, 0.5) is 5.69 Å². The first-order chi connectivity index (χ1) is 13.5. The summed E-state index contributed by atoms with van der Waals surface area (Å²) in [5.74, 6) is 1.78. The van der Waals surface area contributed by atoms with E-state index in [1.54, 1.807) is 7.11 Å². The van der Waals surface area contributed by atoms with Gasteiger partial charge in [-0.05, 0) is 56.2 Å². The number of hydrogen-bond acceptors (Lipinski definition) is 5. The van der Waals surface area contributed by atoms with Gasteiger partial charge in [-0.2, -0.15) is 4.98 Å². The molecule has 144 valence electrons. The van der Waals surface area contributed by atoms with E-state index in [-0.39, 0.29) is 11.8 Å². The molecule has 1 amide bonds. The first-order valence-electron chi connectivity index (χ1n) is 9.32. The molecule has 1 fully saturated rings. The number of aryl methyl sites for hydroxylation is 3. The van der Waals surface area contributed by atoms with Crippen LogP contribution in [0.2, 0.25) is 0 Å². The van der Waals surface area contributed by atoms with Gasteiger partial charge in [0.2, 0.25) is 17.6 Å². The summed E-state index contributed by atoms with van der Waals surface area (Å²) < 4.78 is 10.7. The fourth-order valence-electron chi connectivity index (χ4n) is 3.95. The number of benzene rings is 2. The maximum Gasteiger partial charge on any atom is 0.232 e. The summed E-state index contributed by atoms with van der Waals surface area (Å²) in [5, 5.41) is 4.10. The van der Waals surface area contributed by atoms with E-state index in [1.165, 1.54) is 5.56 Å². The maximum atomic E-state index is 12.7. The smallest absolute Gasteiger partial charge is 0.232 e. The minimum atomic E-state index is -0.105. The highest BCUT2D eigenvalue weighted by molar-refractivity contribution is 5.97. The van der Waals surface area contributed by atoms with E-state index >= 15 is 0 Å². The fourth-order valence-corrected chi connectivity index (χ4v) is 3.95. The molecule has 0 bridgehead atoms. The molecule has 28 heavy (non-hydrogen) atoms. The van der Waals surface area contributed by atoms with E-state index in [0.717, 1.165) is 28.1 Å². The Morgan fingerprint density at radius 2 is 1.79 bits per heavy atom. The lowest BCUT2D eigenvalue weighted by atomic mass is 10.0. The Labute approximate surface area is 164 Å². The van der Waals surface area contributed by atoms with Crippen molar-refractivity contribution >= 4 is 11.6 Å². The average molecular weight is 377 g/mol. The number of nitrogens with zero attached hydrogens (tertiary/aromatic N) is 3. The molecule has 6 heteroatoms. The lowest BCUT2D eigenvalue weighted by Gasteiger charge is -2.21. The zero-order chi connectivity index (χ0) is 19.8. The zero-order valence-electron chi connectivity index (χ0n) is 16.5. The molecule has 2 heterocycles. The summed E-state index contributed by atoms with van der Waals surface area (Å²) in [6.07, 6.45) is 0.372. The van der Waals surface area contributed by atoms with Crippen LogP contribution < -0.4 is 9.64 Å². The van der Waals surface area contributed by atoms with Gasteiger partial charge in [-0.25, -0.2) is 0 Å². The molecule has 6 nitrogen and oxygen atoms in total. The SMILES string of the molecule is COc1ccc(-c2noc(C3CC(=O)N(c4c(C)cc(C)cc4C)C3)n2)cc1. The van der Waals surface area contributed by atoms with Gasteiger partial charge < -0.3 is 14.2 Å². The molecular weight excluding hydrogens is 354 g/mol. The number of rotatable bonds is 4. The van der Waals surface area contributed by atoms with Crippen molar-refractivity contribution in [3.8, 4) is 17.1 Å². The molecule has 4 rings (SSSR count). The first-order valence-corrected chi connectivity index (χ1v) is 9.32. The van der Waals surface area contributed by atoms with Gasteiger partial charge in [0.05, 0.1) is 13.0 Å². The van der Waals surface area contributed by atoms with Crippen LogP contribution in [-0.4, -0.2) is 29.7 Å². The van der Waals surface area contributed by atoms with Crippen LogP contribution >= 0.6 is 0 Å². The van der Waals surface area contributed by atoms with Crippen LogP contribution in [0.5, 0.6) is 5.75 Å². The van der Waals surface area contributed by atoms with Crippen molar-refractivity contribution in [2.45, 2.75) is 33.1 Å². The summed E-state index contributed by atoms with van der Waals surface area (Å²) in [5.41, 5.74) is 5.25. The molecule has 0 aliphatic carbocycles. The van der Waals surface area contributed by atoms with Gasteiger partial charge in [-0.15, -0.1) is 0 Å². The van der Waals surface area contributed by atoms with E-state index in [2.05, 4.69) is 29.2 Å². The Morgan fingerprint density at radius 1 is 1.11 bits per heavy atom. The predicted octanol–water partition coefficient (Wildman–Crippen LogP) is 4.19. The Morgan fingerprint density at radius 3 is 2.43 bits per heavy atom. The summed E-state index contributed by atoms with van der Waals surface area (Å²) >= 11 is 0. The summed E-state index contributed by atoms with van der Waals surface area (Å²) in [6.45, 7) is 6.71. The molecular formula is C22H23N3O3. The molecule has 0 N–H and O–H groups in total. The topological polar surface area (TPSA) is 68.5 Å². The van der Waals surface area contributed by atoms with E-state index in [1.807, 2.05) is 43.0 Å². The minimum Gasteiger partial charge on any atom is -0.497 e. The van der Waals surface area contributed by atoms with E-state index in [9.17, 15) is 4.79 Å². The molecule has 0 radical (unpaired) electrons. The Balaban J connectivity index is 1.57. The van der Waals surface area contributed by atoms with Crippen LogP contribution in [0.3, 0.4) is 0 Å². The van der Waals surface area contributed by atoms with Crippen molar-refractivity contribution in [1.29, 1.82) is 0 Å². The lowest BCUT2D eigenvalue weighted by molar-refractivity contribution is -0.117. The van der Waals surface area contributed by atoms with Crippen molar-refractivity contribution in [3.63, 3.8) is 0 Å². The molecule has 2 aromatic carbocycles. The van der Waals surface area contributed by atoms with Gasteiger partial charge in [0.15, 0.2) is 0 Å². The molecule has 0 saturated carbocycles. The van der Waals surface area contributed by atoms with Gasteiger partial charge in [-0.1, -0.05) is 22.9 Å². The van der Waals surface area contributed by atoms with Crippen LogP contribution in [0.15, 0.2) is 40.9 Å². The molecule has 0 spiro atoms. The monoisotopic (exact) mass is 377 g/mol. The van der Waals surface area contributed by atoms with E-state index < -0.39 is 0 Å². The van der Waals surface area contributed by atoms with Crippen LogP contribution in [0.25, 0.3) is 11.4 Å². The number of carbonyl (C=O) groups is 1. The molecule has 1 aromatic heterocycles. The van der Waals surface area contributed by atoms with Crippen molar-refractivity contribution in [2.75, 3.05) is 18.6 Å². The quantitative estimate of drug-likeness (QED) is 0.682. The van der Waals surface area contributed by atoms with Gasteiger partial charge in [0, 0.05) is 24.2 Å².